The normalized spacial score (nSPS) is 10.1. The van der Waals surface area contributed by atoms with Gasteiger partial charge < -0.3 is 4.74 Å². The van der Waals surface area contributed by atoms with Crippen molar-refractivity contribution >= 4 is 11.9 Å². The molecule has 0 saturated carbocycles. The number of H-pyrrole nitrogens is 1. The summed E-state index contributed by atoms with van der Waals surface area (Å²) >= 11 is 0. The molecular formula is C12H14N4O2. The number of aromatic nitrogens is 3. The average molecular weight is 246 g/mol. The Morgan fingerprint density at radius 2 is 2.28 bits per heavy atom. The lowest BCUT2D eigenvalue weighted by molar-refractivity contribution is -0.118. The van der Waals surface area contributed by atoms with E-state index in [9.17, 15) is 4.79 Å². The first kappa shape index (κ1) is 12.1. The van der Waals surface area contributed by atoms with Gasteiger partial charge in [-0.3, -0.25) is 15.2 Å². The molecule has 18 heavy (non-hydrogen) atoms. The van der Waals surface area contributed by atoms with E-state index in [4.69, 9.17) is 4.74 Å². The SMILES string of the molecule is Cc1cccc(OCC(=O)Nc2n[nH]c(C)n2)c1. The Hall–Kier alpha value is -2.37. The van der Waals surface area contributed by atoms with E-state index in [0.29, 0.717) is 11.6 Å². The predicted molar refractivity (Wildman–Crippen MR) is 66.4 cm³/mol. The summed E-state index contributed by atoms with van der Waals surface area (Å²) in [7, 11) is 0. The van der Waals surface area contributed by atoms with Crippen LogP contribution >= 0.6 is 0 Å². The zero-order valence-corrected chi connectivity index (χ0v) is 10.2. The molecule has 0 unspecified atom stereocenters. The molecule has 0 saturated heterocycles. The van der Waals surface area contributed by atoms with Gasteiger partial charge in [-0.25, -0.2) is 0 Å². The van der Waals surface area contributed by atoms with E-state index >= 15 is 0 Å². The Balaban J connectivity index is 1.85. The first-order valence-electron chi connectivity index (χ1n) is 5.52. The molecule has 2 N–H and O–H groups in total. The van der Waals surface area contributed by atoms with Crippen molar-refractivity contribution in [1.82, 2.24) is 15.2 Å². The molecule has 0 atom stereocenters. The van der Waals surface area contributed by atoms with Gasteiger partial charge in [0.25, 0.3) is 5.91 Å². The van der Waals surface area contributed by atoms with Gasteiger partial charge in [0, 0.05) is 0 Å². The Morgan fingerprint density at radius 3 is 2.94 bits per heavy atom. The van der Waals surface area contributed by atoms with E-state index in [1.807, 2.05) is 25.1 Å². The highest BCUT2D eigenvalue weighted by Gasteiger charge is 2.06. The van der Waals surface area contributed by atoms with Crippen LogP contribution < -0.4 is 10.1 Å². The van der Waals surface area contributed by atoms with Crippen LogP contribution in [0.15, 0.2) is 24.3 Å². The molecule has 6 heteroatoms. The minimum Gasteiger partial charge on any atom is -0.484 e. The molecule has 1 aromatic heterocycles. The molecule has 0 aliphatic carbocycles. The number of amides is 1. The summed E-state index contributed by atoms with van der Waals surface area (Å²) in [4.78, 5) is 15.5. The summed E-state index contributed by atoms with van der Waals surface area (Å²) in [6.07, 6.45) is 0. The van der Waals surface area contributed by atoms with Crippen LogP contribution in [0.3, 0.4) is 0 Å². The van der Waals surface area contributed by atoms with E-state index in [1.54, 1.807) is 13.0 Å². The first-order chi connectivity index (χ1) is 8.63. The summed E-state index contributed by atoms with van der Waals surface area (Å²) in [5.74, 6) is 1.27. The number of carbonyl (C=O) groups is 1. The molecule has 6 nitrogen and oxygen atoms in total. The molecular weight excluding hydrogens is 232 g/mol. The minimum atomic E-state index is -0.296. The Kier molecular flexibility index (Phi) is 3.57. The molecule has 0 radical (unpaired) electrons. The van der Waals surface area contributed by atoms with Crippen LogP contribution in [0.4, 0.5) is 5.95 Å². The average Bonchev–Trinajstić information content (AvgIpc) is 2.72. The van der Waals surface area contributed by atoms with E-state index in [1.165, 1.54) is 0 Å². The molecule has 0 aliphatic rings. The molecule has 2 rings (SSSR count). The van der Waals surface area contributed by atoms with Crippen molar-refractivity contribution in [1.29, 1.82) is 0 Å². The highest BCUT2D eigenvalue weighted by atomic mass is 16.5. The van der Waals surface area contributed by atoms with Crippen molar-refractivity contribution in [2.75, 3.05) is 11.9 Å². The van der Waals surface area contributed by atoms with Crippen molar-refractivity contribution in [3.8, 4) is 5.75 Å². The van der Waals surface area contributed by atoms with Gasteiger partial charge in [0.1, 0.15) is 11.6 Å². The topological polar surface area (TPSA) is 79.9 Å². The molecule has 0 fully saturated rings. The second-order valence-electron chi connectivity index (χ2n) is 3.90. The summed E-state index contributed by atoms with van der Waals surface area (Å²) in [5, 5.41) is 8.97. The van der Waals surface area contributed by atoms with Gasteiger partial charge in [0.05, 0.1) is 0 Å². The van der Waals surface area contributed by atoms with Gasteiger partial charge in [-0.1, -0.05) is 12.1 Å². The van der Waals surface area contributed by atoms with Crippen molar-refractivity contribution in [2.24, 2.45) is 0 Å². The fourth-order valence-electron chi connectivity index (χ4n) is 1.41. The smallest absolute Gasteiger partial charge is 0.264 e. The molecule has 0 bridgehead atoms. The Bertz CT molecular complexity index is 551. The molecule has 94 valence electrons. The van der Waals surface area contributed by atoms with Crippen molar-refractivity contribution < 1.29 is 9.53 Å². The van der Waals surface area contributed by atoms with Gasteiger partial charge in [-0.05, 0) is 31.5 Å². The standard InChI is InChI=1S/C12H14N4O2/c1-8-4-3-5-10(6-8)18-7-11(17)14-12-13-9(2)15-16-12/h3-6H,7H2,1-2H3,(H2,13,14,15,16,17). The van der Waals surface area contributed by atoms with E-state index in [2.05, 4.69) is 20.5 Å². The Morgan fingerprint density at radius 1 is 1.44 bits per heavy atom. The van der Waals surface area contributed by atoms with Gasteiger partial charge in [-0.15, -0.1) is 5.10 Å². The maximum atomic E-state index is 11.5. The quantitative estimate of drug-likeness (QED) is 0.855. The number of ether oxygens (including phenoxy) is 1. The number of carbonyl (C=O) groups excluding carboxylic acids is 1. The largest absolute Gasteiger partial charge is 0.484 e. The fourth-order valence-corrected chi connectivity index (χ4v) is 1.41. The third-order valence-corrected chi connectivity index (χ3v) is 2.21. The number of aryl methyl sites for hydroxylation is 2. The number of benzene rings is 1. The zero-order valence-electron chi connectivity index (χ0n) is 10.2. The highest BCUT2D eigenvalue weighted by molar-refractivity contribution is 5.90. The fraction of sp³-hybridized carbons (Fsp3) is 0.250. The monoisotopic (exact) mass is 246 g/mol. The number of rotatable bonds is 4. The predicted octanol–water partition coefficient (Wildman–Crippen LogP) is 1.44. The van der Waals surface area contributed by atoms with Crippen molar-refractivity contribution in [3.63, 3.8) is 0 Å². The summed E-state index contributed by atoms with van der Waals surface area (Å²) in [6.45, 7) is 3.65. The van der Waals surface area contributed by atoms with Crippen molar-refractivity contribution in [3.05, 3.63) is 35.7 Å². The van der Waals surface area contributed by atoms with Crippen LogP contribution in [0.1, 0.15) is 11.4 Å². The zero-order chi connectivity index (χ0) is 13.0. The minimum absolute atomic E-state index is 0.0724. The molecule has 1 amide bonds. The van der Waals surface area contributed by atoms with Crippen LogP contribution in [-0.4, -0.2) is 27.7 Å². The maximum Gasteiger partial charge on any atom is 0.264 e. The number of anilines is 1. The second kappa shape index (κ2) is 5.31. The molecule has 0 aliphatic heterocycles. The number of hydrogen-bond acceptors (Lipinski definition) is 4. The number of nitrogens with zero attached hydrogens (tertiary/aromatic N) is 2. The van der Waals surface area contributed by atoms with E-state index < -0.39 is 0 Å². The van der Waals surface area contributed by atoms with Gasteiger partial charge in [0.2, 0.25) is 5.95 Å². The third-order valence-electron chi connectivity index (χ3n) is 2.21. The number of hydrogen-bond donors (Lipinski definition) is 2. The van der Waals surface area contributed by atoms with Gasteiger partial charge >= 0.3 is 0 Å². The first-order valence-corrected chi connectivity index (χ1v) is 5.52. The molecule has 2 aromatic rings. The van der Waals surface area contributed by atoms with Crippen molar-refractivity contribution in [2.45, 2.75) is 13.8 Å². The van der Waals surface area contributed by atoms with Crippen LogP contribution in [0, 0.1) is 13.8 Å². The second-order valence-corrected chi connectivity index (χ2v) is 3.90. The lowest BCUT2D eigenvalue weighted by atomic mass is 10.2. The summed E-state index contributed by atoms with van der Waals surface area (Å²) < 4.78 is 5.35. The van der Waals surface area contributed by atoms with E-state index in [0.717, 1.165) is 5.56 Å². The number of nitrogens with one attached hydrogen (secondary N) is 2. The third kappa shape index (κ3) is 3.31. The highest BCUT2D eigenvalue weighted by Crippen LogP contribution is 2.12. The number of aromatic amines is 1. The van der Waals surface area contributed by atoms with E-state index in [-0.39, 0.29) is 18.5 Å². The Labute approximate surface area is 104 Å². The summed E-state index contributed by atoms with van der Waals surface area (Å²) in [5.41, 5.74) is 1.08. The lowest BCUT2D eigenvalue weighted by Crippen LogP contribution is -2.20. The van der Waals surface area contributed by atoms with Crippen LogP contribution in [0.2, 0.25) is 0 Å². The molecule has 0 spiro atoms. The summed E-state index contributed by atoms with van der Waals surface area (Å²) in [6, 6.07) is 7.51. The van der Waals surface area contributed by atoms with Crippen LogP contribution in [0.25, 0.3) is 0 Å². The molecule has 1 aromatic carbocycles. The molecule has 1 heterocycles. The lowest BCUT2D eigenvalue weighted by Gasteiger charge is -2.05. The maximum absolute atomic E-state index is 11.5. The van der Waals surface area contributed by atoms with Gasteiger partial charge in [-0.2, -0.15) is 4.98 Å². The van der Waals surface area contributed by atoms with Gasteiger partial charge in [0.15, 0.2) is 6.61 Å². The van der Waals surface area contributed by atoms with Crippen LogP contribution in [-0.2, 0) is 4.79 Å². The van der Waals surface area contributed by atoms with Crippen LogP contribution in [0.5, 0.6) is 5.75 Å².